The predicted octanol–water partition coefficient (Wildman–Crippen LogP) is 3.63. The van der Waals surface area contributed by atoms with Crippen molar-refractivity contribution in [2.24, 2.45) is 0 Å². The van der Waals surface area contributed by atoms with Gasteiger partial charge in [0.1, 0.15) is 24.3 Å². The molecule has 4 heterocycles. The van der Waals surface area contributed by atoms with E-state index >= 15 is 0 Å². The summed E-state index contributed by atoms with van der Waals surface area (Å²) in [4.78, 5) is 30.8. The van der Waals surface area contributed by atoms with Crippen LogP contribution in [0, 0.1) is 0 Å². The highest BCUT2D eigenvalue weighted by Crippen LogP contribution is 2.45. The summed E-state index contributed by atoms with van der Waals surface area (Å²) in [6.45, 7) is 8.32. The minimum Gasteiger partial charge on any atom is -0.441 e. The molecule has 2 aromatic carbocycles. The first kappa shape index (κ1) is 25.3. The van der Waals surface area contributed by atoms with E-state index in [1.54, 1.807) is 4.90 Å². The van der Waals surface area contributed by atoms with Gasteiger partial charge >= 0.3 is 6.09 Å². The molecule has 4 aliphatic heterocycles. The van der Waals surface area contributed by atoms with E-state index in [2.05, 4.69) is 0 Å². The molecule has 0 N–H and O–H groups in total. The molecule has 0 aliphatic carbocycles. The van der Waals surface area contributed by atoms with Crippen LogP contribution in [0.5, 0.6) is 0 Å². The fourth-order valence-electron chi connectivity index (χ4n) is 6.04. The summed E-state index contributed by atoms with van der Waals surface area (Å²) in [5.74, 6) is -1.75. The van der Waals surface area contributed by atoms with Crippen LogP contribution >= 0.6 is 0 Å². The van der Waals surface area contributed by atoms with Crippen molar-refractivity contribution in [2.45, 2.75) is 82.3 Å². The van der Waals surface area contributed by atoms with Crippen LogP contribution in [0.3, 0.4) is 0 Å². The number of nitrogens with zero attached hydrogens (tertiary/aromatic N) is 2. The van der Waals surface area contributed by atoms with Gasteiger partial charge in [-0.05, 0) is 38.8 Å². The number of hydrogen-bond acceptors (Lipinski definition) is 7. The Bertz CT molecular complexity index is 1190. The lowest BCUT2D eigenvalue weighted by molar-refractivity contribution is -0.171. The highest BCUT2D eigenvalue weighted by atomic mass is 16.8. The van der Waals surface area contributed by atoms with E-state index in [9.17, 15) is 9.59 Å². The molecule has 6 rings (SSSR count). The third-order valence-electron chi connectivity index (χ3n) is 7.72. The van der Waals surface area contributed by atoms with Crippen LogP contribution < -0.4 is 0 Å². The van der Waals surface area contributed by atoms with Gasteiger partial charge in [0.25, 0.3) is 0 Å². The molecule has 0 saturated carbocycles. The van der Waals surface area contributed by atoms with Crippen LogP contribution in [0.2, 0.25) is 0 Å². The van der Waals surface area contributed by atoms with E-state index in [-0.39, 0.29) is 25.2 Å². The average Bonchev–Trinajstić information content (AvgIpc) is 3.55. The minimum atomic E-state index is -0.819. The Labute approximate surface area is 222 Å². The van der Waals surface area contributed by atoms with Crippen LogP contribution in [0.4, 0.5) is 4.79 Å². The molecule has 2 unspecified atom stereocenters. The monoisotopic (exact) mass is 522 g/mol. The fourth-order valence-corrected chi connectivity index (χ4v) is 6.04. The topological polar surface area (TPSA) is 86.8 Å². The standard InChI is InChI=1S/C29H34N2O7/c1-28(2)34-16-20(37-28)23-25(21-17-35-29(3,4)38-21)36-27(33)31(23)24-22(19-13-9-6-10-14-19)30(26(24)32)15-18-11-7-5-8-12-18/h5-14,20-25H,15-17H2,1-4H3/t20?,21?,22-,23+,24+,25+/m1/s1. The molecule has 4 aliphatic rings. The van der Waals surface area contributed by atoms with E-state index < -0.39 is 48.1 Å². The summed E-state index contributed by atoms with van der Waals surface area (Å²) in [6.07, 6.45) is -2.23. The molecule has 2 aromatic rings. The molecule has 6 atom stereocenters. The van der Waals surface area contributed by atoms with Crippen molar-refractivity contribution in [2.75, 3.05) is 13.2 Å². The quantitative estimate of drug-likeness (QED) is 0.536. The summed E-state index contributed by atoms with van der Waals surface area (Å²) in [5, 5.41) is 0. The number of amides is 2. The van der Waals surface area contributed by atoms with Crippen molar-refractivity contribution < 1.29 is 33.3 Å². The van der Waals surface area contributed by atoms with Crippen LogP contribution in [0.15, 0.2) is 60.7 Å². The Kier molecular flexibility index (Phi) is 6.22. The molecule has 0 spiro atoms. The molecular weight excluding hydrogens is 488 g/mol. The largest absolute Gasteiger partial charge is 0.441 e. The number of benzene rings is 2. The Hall–Kier alpha value is -2.98. The molecule has 4 fully saturated rings. The van der Waals surface area contributed by atoms with E-state index in [1.165, 1.54) is 0 Å². The Morgan fingerprint density at radius 2 is 1.37 bits per heavy atom. The first-order valence-electron chi connectivity index (χ1n) is 13.2. The Morgan fingerprint density at radius 1 is 0.789 bits per heavy atom. The molecular formula is C29H34N2O7. The maximum absolute atomic E-state index is 13.8. The van der Waals surface area contributed by atoms with Crippen molar-refractivity contribution in [1.29, 1.82) is 0 Å². The van der Waals surface area contributed by atoms with Gasteiger partial charge in [-0.2, -0.15) is 0 Å². The van der Waals surface area contributed by atoms with Crippen molar-refractivity contribution in [3.05, 3.63) is 71.8 Å². The maximum atomic E-state index is 13.8. The average molecular weight is 523 g/mol. The highest BCUT2D eigenvalue weighted by Gasteiger charge is 2.63. The van der Waals surface area contributed by atoms with Gasteiger partial charge in [-0.1, -0.05) is 60.7 Å². The van der Waals surface area contributed by atoms with Crippen molar-refractivity contribution in [1.82, 2.24) is 9.80 Å². The third kappa shape index (κ3) is 4.47. The van der Waals surface area contributed by atoms with Gasteiger partial charge in [0, 0.05) is 6.54 Å². The van der Waals surface area contributed by atoms with E-state index in [1.807, 2.05) is 93.3 Å². The summed E-state index contributed by atoms with van der Waals surface area (Å²) < 4.78 is 30.0. The lowest BCUT2D eigenvalue weighted by atomic mass is 9.85. The summed E-state index contributed by atoms with van der Waals surface area (Å²) in [6, 6.07) is 18.0. The summed E-state index contributed by atoms with van der Waals surface area (Å²) >= 11 is 0. The Balaban J connectivity index is 1.35. The molecule has 0 aromatic heterocycles. The summed E-state index contributed by atoms with van der Waals surface area (Å²) in [7, 11) is 0. The van der Waals surface area contributed by atoms with Gasteiger partial charge in [-0.3, -0.25) is 9.69 Å². The molecule has 0 radical (unpaired) electrons. The molecule has 9 nitrogen and oxygen atoms in total. The fraction of sp³-hybridized carbons (Fsp3) is 0.517. The van der Waals surface area contributed by atoms with Gasteiger partial charge in [0.05, 0.1) is 19.3 Å². The van der Waals surface area contributed by atoms with Gasteiger partial charge in [0.15, 0.2) is 17.7 Å². The smallest absolute Gasteiger partial charge is 0.411 e. The number of carbonyl (C=O) groups excluding carboxylic acids is 2. The van der Waals surface area contributed by atoms with Gasteiger partial charge in [0.2, 0.25) is 5.91 Å². The van der Waals surface area contributed by atoms with Crippen molar-refractivity contribution in [3.63, 3.8) is 0 Å². The molecule has 2 amide bonds. The van der Waals surface area contributed by atoms with Crippen LogP contribution in [0.25, 0.3) is 0 Å². The zero-order valence-electron chi connectivity index (χ0n) is 22.1. The van der Waals surface area contributed by atoms with Crippen molar-refractivity contribution in [3.8, 4) is 0 Å². The number of β-lactam (4-membered cyclic amide) rings is 1. The van der Waals surface area contributed by atoms with Crippen LogP contribution in [-0.4, -0.2) is 77.0 Å². The van der Waals surface area contributed by atoms with Crippen molar-refractivity contribution >= 4 is 12.0 Å². The number of hydrogen-bond donors (Lipinski definition) is 0. The zero-order chi connectivity index (χ0) is 26.7. The van der Waals surface area contributed by atoms with E-state index in [4.69, 9.17) is 23.7 Å². The molecule has 0 bridgehead atoms. The van der Waals surface area contributed by atoms with Crippen LogP contribution in [-0.2, 0) is 35.0 Å². The second-order valence-electron chi connectivity index (χ2n) is 11.2. The first-order valence-corrected chi connectivity index (χ1v) is 13.2. The van der Waals surface area contributed by atoms with Crippen LogP contribution in [0.1, 0.15) is 44.9 Å². The zero-order valence-corrected chi connectivity index (χ0v) is 22.1. The maximum Gasteiger partial charge on any atom is 0.411 e. The molecule has 38 heavy (non-hydrogen) atoms. The second-order valence-corrected chi connectivity index (χ2v) is 11.2. The van der Waals surface area contributed by atoms with Gasteiger partial charge < -0.3 is 28.6 Å². The molecule has 9 heteroatoms. The van der Waals surface area contributed by atoms with Gasteiger partial charge in [-0.25, -0.2) is 4.79 Å². The number of rotatable bonds is 6. The van der Waals surface area contributed by atoms with E-state index in [0.717, 1.165) is 11.1 Å². The second kappa shape index (κ2) is 9.34. The lowest BCUT2D eigenvalue weighted by Crippen LogP contribution is -2.68. The number of ether oxygens (including phenoxy) is 5. The lowest BCUT2D eigenvalue weighted by Gasteiger charge is -2.51. The first-order chi connectivity index (χ1) is 18.1. The minimum absolute atomic E-state index is 0.132. The number of cyclic esters (lactones) is 1. The number of likely N-dealkylation sites (tertiary alicyclic amines) is 1. The normalized spacial score (nSPS) is 33.9. The predicted molar refractivity (Wildman–Crippen MR) is 136 cm³/mol. The number of carbonyl (C=O) groups is 2. The van der Waals surface area contributed by atoms with Gasteiger partial charge in [-0.15, -0.1) is 0 Å². The summed E-state index contributed by atoms with van der Waals surface area (Å²) in [5.41, 5.74) is 1.97. The molecule has 202 valence electrons. The van der Waals surface area contributed by atoms with E-state index in [0.29, 0.717) is 6.54 Å². The molecule has 4 saturated heterocycles. The Morgan fingerprint density at radius 3 is 1.95 bits per heavy atom. The third-order valence-corrected chi connectivity index (χ3v) is 7.72. The SMILES string of the molecule is CC1(C)OCC([C@@H]2OC(=O)N([C@@H]3C(=O)N(Cc4ccccc4)[C@@H]3c3ccccc3)[C@H]2C2COC(C)(C)O2)O1. The highest BCUT2D eigenvalue weighted by molar-refractivity contribution is 5.93.